The maximum Gasteiger partial charge on any atom is 0.187 e. The Hall–Kier alpha value is -0.910. The second kappa shape index (κ2) is 11.9. The van der Waals surface area contributed by atoms with Crippen LogP contribution < -0.4 is 0 Å². The zero-order chi connectivity index (χ0) is 33.5. The van der Waals surface area contributed by atoms with E-state index in [2.05, 4.69) is 47.6 Å². The normalized spacial score (nSPS) is 47.7. The number of Topliss-reactive ketones (excluding diaryl/α,β-unsaturated/α-hetero) is 1. The fraction of sp³-hybridized carbons (Fsp3) is 0.917. The van der Waals surface area contributed by atoms with E-state index in [1.54, 1.807) is 13.8 Å². The number of hydrogen-bond donors (Lipinski definition) is 6. The molecule has 5 aliphatic rings. The van der Waals surface area contributed by atoms with E-state index in [-0.39, 0.29) is 40.1 Å². The number of fused-ring (bicyclic) bond motifs is 5. The van der Waals surface area contributed by atoms with Crippen molar-refractivity contribution in [1.29, 1.82) is 0 Å². The predicted octanol–water partition coefficient (Wildman–Crippen LogP) is 3.50. The SMILES string of the molecule is C[C@H](CC[C@@H](O)C(C)(C)O[C@@H]1O[C@H](CO)[C@@H](O)[C@H](O)[C@H]1O)[C@H]1CC[C@@]2(C)[C@@H]3CC=C4[C@@H](CCC(O)C4(C)C)[C@]3(C)C(=O)C[C@]12C. The molecule has 4 fully saturated rings. The fourth-order valence-electron chi connectivity index (χ4n) is 10.9. The van der Waals surface area contributed by atoms with Crippen molar-refractivity contribution in [2.24, 2.45) is 45.3 Å². The van der Waals surface area contributed by atoms with E-state index in [1.165, 1.54) is 5.57 Å². The highest BCUT2D eigenvalue weighted by molar-refractivity contribution is 5.88. The maximum atomic E-state index is 14.4. The van der Waals surface area contributed by atoms with Gasteiger partial charge < -0.3 is 40.1 Å². The minimum atomic E-state index is -1.55. The molecule has 3 saturated carbocycles. The summed E-state index contributed by atoms with van der Waals surface area (Å²) in [5.74, 6) is 1.40. The Kier molecular flexibility index (Phi) is 9.36. The summed E-state index contributed by atoms with van der Waals surface area (Å²) in [5.41, 5.74) is -0.747. The van der Waals surface area contributed by atoms with Crippen LogP contribution in [-0.4, -0.2) is 91.5 Å². The first-order chi connectivity index (χ1) is 20.8. The van der Waals surface area contributed by atoms with E-state index in [0.29, 0.717) is 24.5 Å². The van der Waals surface area contributed by atoms with Gasteiger partial charge in [0.2, 0.25) is 0 Å². The molecule has 1 saturated heterocycles. The Labute approximate surface area is 269 Å². The van der Waals surface area contributed by atoms with Crippen LogP contribution in [0.15, 0.2) is 11.6 Å². The van der Waals surface area contributed by atoms with Crippen molar-refractivity contribution in [2.45, 2.75) is 155 Å². The van der Waals surface area contributed by atoms with E-state index in [1.807, 2.05) is 0 Å². The van der Waals surface area contributed by atoms with Crippen molar-refractivity contribution in [3.63, 3.8) is 0 Å². The van der Waals surface area contributed by atoms with E-state index in [9.17, 15) is 35.4 Å². The predicted molar refractivity (Wildman–Crippen MR) is 169 cm³/mol. The zero-order valence-corrected chi connectivity index (χ0v) is 28.7. The highest BCUT2D eigenvalue weighted by Gasteiger charge is 2.70. The lowest BCUT2D eigenvalue weighted by atomic mass is 9.38. The number of carbonyl (C=O) groups is 1. The molecule has 45 heavy (non-hydrogen) atoms. The van der Waals surface area contributed by atoms with Gasteiger partial charge in [0.15, 0.2) is 6.29 Å². The number of aliphatic hydroxyl groups is 6. The molecule has 9 heteroatoms. The van der Waals surface area contributed by atoms with Gasteiger partial charge in [-0.3, -0.25) is 4.79 Å². The molecule has 0 aromatic rings. The first kappa shape index (κ1) is 35.4. The molecule has 1 unspecified atom stereocenters. The molecule has 5 rings (SSSR count). The highest BCUT2D eigenvalue weighted by atomic mass is 16.7. The summed E-state index contributed by atoms with van der Waals surface area (Å²) in [5, 5.41) is 62.3. The zero-order valence-electron chi connectivity index (χ0n) is 28.7. The summed E-state index contributed by atoms with van der Waals surface area (Å²) in [6.45, 7) is 16.4. The minimum absolute atomic E-state index is 0.000921. The van der Waals surface area contributed by atoms with Gasteiger partial charge in [0.1, 0.15) is 30.2 Å². The summed E-state index contributed by atoms with van der Waals surface area (Å²) in [4.78, 5) is 14.4. The van der Waals surface area contributed by atoms with Gasteiger partial charge in [-0.2, -0.15) is 0 Å². The van der Waals surface area contributed by atoms with Crippen molar-refractivity contribution in [1.82, 2.24) is 0 Å². The third-order valence-corrected chi connectivity index (χ3v) is 14.4. The summed E-state index contributed by atoms with van der Waals surface area (Å²) in [6, 6.07) is 0. The molecule has 6 N–H and O–H groups in total. The third kappa shape index (κ3) is 5.31. The number of carbonyl (C=O) groups excluding carboxylic acids is 1. The van der Waals surface area contributed by atoms with Crippen LogP contribution in [0.3, 0.4) is 0 Å². The molecule has 4 aliphatic carbocycles. The lowest BCUT2D eigenvalue weighted by Gasteiger charge is -2.64. The monoisotopic (exact) mass is 636 g/mol. The molecule has 258 valence electrons. The van der Waals surface area contributed by atoms with Crippen LogP contribution in [0.25, 0.3) is 0 Å². The van der Waals surface area contributed by atoms with E-state index < -0.39 is 54.4 Å². The van der Waals surface area contributed by atoms with Crippen LogP contribution in [0.4, 0.5) is 0 Å². The van der Waals surface area contributed by atoms with Crippen LogP contribution >= 0.6 is 0 Å². The van der Waals surface area contributed by atoms with Crippen molar-refractivity contribution in [3.05, 3.63) is 11.6 Å². The first-order valence-corrected chi connectivity index (χ1v) is 17.4. The molecular formula is C36H60O9. The van der Waals surface area contributed by atoms with Crippen molar-refractivity contribution >= 4 is 5.78 Å². The highest BCUT2D eigenvalue weighted by Crippen LogP contribution is 2.74. The van der Waals surface area contributed by atoms with Gasteiger partial charge >= 0.3 is 0 Å². The van der Waals surface area contributed by atoms with Gasteiger partial charge in [-0.15, -0.1) is 0 Å². The largest absolute Gasteiger partial charge is 0.394 e. The first-order valence-electron chi connectivity index (χ1n) is 17.4. The fourth-order valence-corrected chi connectivity index (χ4v) is 10.9. The second-order valence-corrected chi connectivity index (χ2v) is 17.2. The number of aliphatic hydroxyl groups excluding tert-OH is 6. The number of allylic oxidation sites excluding steroid dienone is 1. The van der Waals surface area contributed by atoms with Gasteiger partial charge in [0, 0.05) is 17.3 Å². The van der Waals surface area contributed by atoms with E-state index in [0.717, 1.165) is 38.5 Å². The quantitative estimate of drug-likeness (QED) is 0.220. The topological polar surface area (TPSA) is 157 Å². The third-order valence-electron chi connectivity index (χ3n) is 14.4. The molecule has 14 atom stereocenters. The molecule has 0 bridgehead atoms. The van der Waals surface area contributed by atoms with Gasteiger partial charge in [-0.1, -0.05) is 53.2 Å². The Balaban J connectivity index is 1.28. The molecule has 0 radical (unpaired) electrons. The molecule has 9 nitrogen and oxygen atoms in total. The smallest absolute Gasteiger partial charge is 0.187 e. The molecule has 0 aromatic heterocycles. The Bertz CT molecular complexity index is 1150. The maximum absolute atomic E-state index is 14.4. The number of rotatable bonds is 8. The molecule has 1 aliphatic heterocycles. The lowest BCUT2D eigenvalue weighted by molar-refractivity contribution is -0.331. The van der Waals surface area contributed by atoms with Crippen LogP contribution in [-0.2, 0) is 14.3 Å². The van der Waals surface area contributed by atoms with Crippen molar-refractivity contribution in [2.75, 3.05) is 6.61 Å². The average molecular weight is 637 g/mol. The summed E-state index contributed by atoms with van der Waals surface area (Å²) >= 11 is 0. The molecule has 0 spiro atoms. The van der Waals surface area contributed by atoms with Gasteiger partial charge in [0.25, 0.3) is 0 Å². The number of ketones is 1. The molecular weight excluding hydrogens is 576 g/mol. The van der Waals surface area contributed by atoms with Crippen molar-refractivity contribution < 1.29 is 44.9 Å². The minimum Gasteiger partial charge on any atom is -0.394 e. The van der Waals surface area contributed by atoms with Gasteiger partial charge in [-0.05, 0) is 93.3 Å². The van der Waals surface area contributed by atoms with E-state index in [4.69, 9.17) is 9.47 Å². The summed E-state index contributed by atoms with van der Waals surface area (Å²) < 4.78 is 11.5. The van der Waals surface area contributed by atoms with Crippen LogP contribution in [0.2, 0.25) is 0 Å². The Morgan fingerprint density at radius 2 is 1.64 bits per heavy atom. The van der Waals surface area contributed by atoms with Crippen LogP contribution in [0.1, 0.15) is 107 Å². The summed E-state index contributed by atoms with van der Waals surface area (Å²) in [7, 11) is 0. The van der Waals surface area contributed by atoms with Gasteiger partial charge in [-0.25, -0.2) is 0 Å². The van der Waals surface area contributed by atoms with Crippen molar-refractivity contribution in [3.8, 4) is 0 Å². The standard InChI is InChI=1S/C36H60O9/c1-19(9-13-26(39)33(4,5)45-31-30(43)29(42)28(41)23(18-37)44-31)20-15-16-34(6)24-12-10-21-22(11-14-25(38)32(21,2)3)36(24,8)27(40)17-35(20,34)7/h10,19-20,22-26,28-31,37-39,41-43H,9,11-18H2,1-8H3/t19-,20-,22-,23-,24+,25?,26-,28-,29+,30-,31+,34+,35-,36+/m1/s1. The number of ether oxygens (including phenoxy) is 2. The van der Waals surface area contributed by atoms with Crippen LogP contribution in [0, 0.1) is 45.3 Å². The Morgan fingerprint density at radius 3 is 2.29 bits per heavy atom. The average Bonchev–Trinajstić information content (AvgIpc) is 3.24. The number of hydrogen-bond acceptors (Lipinski definition) is 9. The molecule has 1 heterocycles. The van der Waals surface area contributed by atoms with Gasteiger partial charge in [0.05, 0.1) is 24.4 Å². The second-order valence-electron chi connectivity index (χ2n) is 17.2. The summed E-state index contributed by atoms with van der Waals surface area (Å²) in [6.07, 6.45) is 0.461. The van der Waals surface area contributed by atoms with E-state index >= 15 is 0 Å². The molecule has 0 aromatic carbocycles. The van der Waals surface area contributed by atoms with Crippen LogP contribution in [0.5, 0.6) is 0 Å². The Morgan fingerprint density at radius 1 is 0.978 bits per heavy atom. The lowest BCUT2D eigenvalue weighted by Crippen LogP contribution is -2.63. The molecule has 0 amide bonds.